The summed E-state index contributed by atoms with van der Waals surface area (Å²) in [7, 11) is 1.93. The molecule has 0 saturated heterocycles. The zero-order chi connectivity index (χ0) is 18.7. The predicted octanol–water partition coefficient (Wildman–Crippen LogP) is 3.82. The van der Waals surface area contributed by atoms with Crippen molar-refractivity contribution in [1.29, 1.82) is 0 Å². The summed E-state index contributed by atoms with van der Waals surface area (Å²) in [6.07, 6.45) is 1.68. The first-order chi connectivity index (χ1) is 12.5. The molecule has 6 heteroatoms. The van der Waals surface area contributed by atoms with Crippen LogP contribution in [0.3, 0.4) is 0 Å². The Morgan fingerprint density at radius 3 is 2.69 bits per heavy atom. The van der Waals surface area contributed by atoms with Crippen molar-refractivity contribution in [3.63, 3.8) is 0 Å². The van der Waals surface area contributed by atoms with E-state index < -0.39 is 0 Å². The average molecular weight is 353 g/mol. The van der Waals surface area contributed by atoms with Gasteiger partial charge in [-0.05, 0) is 31.5 Å². The molecular weight excluding hydrogens is 330 g/mol. The lowest BCUT2D eigenvalue weighted by Crippen LogP contribution is -2.09. The highest BCUT2D eigenvalue weighted by atomic mass is 16.5. The minimum absolute atomic E-state index is 0.136. The number of ether oxygens (including phenoxy) is 2. The van der Waals surface area contributed by atoms with Gasteiger partial charge in [-0.15, -0.1) is 0 Å². The van der Waals surface area contributed by atoms with Crippen molar-refractivity contribution in [3.8, 4) is 11.6 Å². The van der Waals surface area contributed by atoms with Crippen LogP contribution in [-0.2, 0) is 18.4 Å². The predicted molar refractivity (Wildman–Crippen MR) is 102 cm³/mol. The van der Waals surface area contributed by atoms with Crippen LogP contribution in [0.2, 0.25) is 0 Å². The van der Waals surface area contributed by atoms with Gasteiger partial charge in [0.2, 0.25) is 11.8 Å². The van der Waals surface area contributed by atoms with Gasteiger partial charge < -0.3 is 19.4 Å². The van der Waals surface area contributed by atoms with Crippen molar-refractivity contribution in [2.24, 2.45) is 7.05 Å². The Morgan fingerprint density at radius 1 is 1.23 bits per heavy atom. The summed E-state index contributed by atoms with van der Waals surface area (Å²) in [5.74, 6) is 1.21. The van der Waals surface area contributed by atoms with Gasteiger partial charge in [-0.2, -0.15) is 0 Å². The normalized spacial score (nSPS) is 10.8. The molecule has 0 bridgehead atoms. The number of aryl methyl sites for hydroxylation is 2. The SMILES string of the molecule is CCOc1ccc(COc2c(NC(C)=O)c3cccc(C)c3n2C)nc1. The summed E-state index contributed by atoms with van der Waals surface area (Å²) in [5, 5.41) is 3.86. The molecule has 2 heterocycles. The topological polar surface area (TPSA) is 65.4 Å². The fraction of sp³-hybridized carbons (Fsp3) is 0.300. The van der Waals surface area contributed by atoms with Gasteiger partial charge in [0.05, 0.1) is 24.0 Å². The molecule has 0 aliphatic rings. The molecule has 1 amide bonds. The molecule has 0 radical (unpaired) electrons. The van der Waals surface area contributed by atoms with Crippen LogP contribution in [0.4, 0.5) is 5.69 Å². The molecule has 0 saturated carbocycles. The first-order valence-corrected chi connectivity index (χ1v) is 8.57. The first-order valence-electron chi connectivity index (χ1n) is 8.57. The molecule has 136 valence electrons. The van der Waals surface area contributed by atoms with Gasteiger partial charge in [0.1, 0.15) is 18.0 Å². The molecule has 26 heavy (non-hydrogen) atoms. The molecule has 0 aliphatic carbocycles. The van der Waals surface area contributed by atoms with E-state index in [9.17, 15) is 4.79 Å². The average Bonchev–Trinajstić information content (AvgIpc) is 2.87. The fourth-order valence-electron chi connectivity index (χ4n) is 3.05. The van der Waals surface area contributed by atoms with Gasteiger partial charge in [-0.3, -0.25) is 9.78 Å². The molecular formula is C20H23N3O3. The molecule has 6 nitrogen and oxygen atoms in total. The van der Waals surface area contributed by atoms with E-state index in [0.29, 0.717) is 24.8 Å². The Labute approximate surface area is 152 Å². The van der Waals surface area contributed by atoms with Crippen LogP contribution in [0, 0.1) is 6.92 Å². The van der Waals surface area contributed by atoms with Crippen LogP contribution in [0.1, 0.15) is 25.1 Å². The van der Waals surface area contributed by atoms with Crippen molar-refractivity contribution in [1.82, 2.24) is 9.55 Å². The van der Waals surface area contributed by atoms with E-state index in [1.54, 1.807) is 6.20 Å². The van der Waals surface area contributed by atoms with Crippen molar-refractivity contribution < 1.29 is 14.3 Å². The Hall–Kier alpha value is -3.02. The van der Waals surface area contributed by atoms with Gasteiger partial charge in [0.25, 0.3) is 0 Å². The summed E-state index contributed by atoms with van der Waals surface area (Å²) in [6, 6.07) is 9.74. The van der Waals surface area contributed by atoms with E-state index >= 15 is 0 Å². The Bertz CT molecular complexity index is 930. The first kappa shape index (κ1) is 17.8. The number of carbonyl (C=O) groups excluding carboxylic acids is 1. The molecule has 3 rings (SSSR count). The van der Waals surface area contributed by atoms with E-state index in [4.69, 9.17) is 9.47 Å². The number of carbonyl (C=O) groups is 1. The van der Waals surface area contributed by atoms with Gasteiger partial charge >= 0.3 is 0 Å². The molecule has 1 aromatic carbocycles. The molecule has 0 unspecified atom stereocenters. The Kier molecular flexibility index (Phi) is 5.11. The molecule has 1 N–H and O–H groups in total. The molecule has 0 atom stereocenters. The maximum absolute atomic E-state index is 11.7. The van der Waals surface area contributed by atoms with Crippen molar-refractivity contribution >= 4 is 22.5 Å². The van der Waals surface area contributed by atoms with E-state index in [0.717, 1.165) is 27.9 Å². The van der Waals surface area contributed by atoms with E-state index in [2.05, 4.69) is 10.3 Å². The second kappa shape index (κ2) is 7.47. The highest BCUT2D eigenvalue weighted by molar-refractivity contribution is 6.05. The highest BCUT2D eigenvalue weighted by Crippen LogP contribution is 2.38. The Morgan fingerprint density at radius 2 is 2.04 bits per heavy atom. The van der Waals surface area contributed by atoms with Crippen LogP contribution in [0.15, 0.2) is 36.5 Å². The maximum atomic E-state index is 11.7. The quantitative estimate of drug-likeness (QED) is 0.732. The number of hydrogen-bond donors (Lipinski definition) is 1. The minimum Gasteiger partial charge on any atom is -0.492 e. The van der Waals surface area contributed by atoms with Crippen LogP contribution < -0.4 is 14.8 Å². The van der Waals surface area contributed by atoms with E-state index in [1.807, 2.05) is 55.8 Å². The third-order valence-corrected chi connectivity index (χ3v) is 4.13. The number of amides is 1. The summed E-state index contributed by atoms with van der Waals surface area (Å²) in [5.41, 5.74) is 3.62. The zero-order valence-corrected chi connectivity index (χ0v) is 15.5. The van der Waals surface area contributed by atoms with Crippen molar-refractivity contribution in [2.45, 2.75) is 27.4 Å². The van der Waals surface area contributed by atoms with Crippen molar-refractivity contribution in [2.75, 3.05) is 11.9 Å². The van der Waals surface area contributed by atoms with E-state index in [1.165, 1.54) is 6.92 Å². The summed E-state index contributed by atoms with van der Waals surface area (Å²) < 4.78 is 13.4. The number of nitrogens with one attached hydrogen (secondary N) is 1. The monoisotopic (exact) mass is 353 g/mol. The third-order valence-electron chi connectivity index (χ3n) is 4.13. The van der Waals surface area contributed by atoms with Gasteiger partial charge in [0, 0.05) is 19.4 Å². The molecule has 0 aliphatic heterocycles. The second-order valence-electron chi connectivity index (χ2n) is 6.10. The lowest BCUT2D eigenvalue weighted by molar-refractivity contribution is -0.114. The number of pyridine rings is 1. The minimum atomic E-state index is -0.136. The van der Waals surface area contributed by atoms with Crippen LogP contribution in [0.25, 0.3) is 10.9 Å². The van der Waals surface area contributed by atoms with Crippen LogP contribution in [-0.4, -0.2) is 22.1 Å². The number of para-hydroxylation sites is 1. The molecule has 2 aromatic heterocycles. The number of hydrogen-bond acceptors (Lipinski definition) is 4. The molecule has 0 fully saturated rings. The summed E-state index contributed by atoms with van der Waals surface area (Å²) >= 11 is 0. The van der Waals surface area contributed by atoms with Gasteiger partial charge in [-0.25, -0.2) is 0 Å². The van der Waals surface area contributed by atoms with Gasteiger partial charge in [0.15, 0.2) is 0 Å². The fourth-order valence-corrected chi connectivity index (χ4v) is 3.05. The number of anilines is 1. The largest absolute Gasteiger partial charge is 0.492 e. The molecule has 0 spiro atoms. The standard InChI is InChI=1S/C20H23N3O3/c1-5-25-16-10-9-15(21-11-16)12-26-20-18(22-14(3)24)17-8-6-7-13(2)19(17)23(20)4/h6-11H,5,12H2,1-4H3,(H,22,24). The molecule has 3 aromatic rings. The van der Waals surface area contributed by atoms with Crippen LogP contribution >= 0.6 is 0 Å². The number of aromatic nitrogens is 2. The number of fused-ring (bicyclic) bond motifs is 1. The maximum Gasteiger partial charge on any atom is 0.221 e. The van der Waals surface area contributed by atoms with Crippen LogP contribution in [0.5, 0.6) is 11.6 Å². The zero-order valence-electron chi connectivity index (χ0n) is 15.5. The highest BCUT2D eigenvalue weighted by Gasteiger charge is 2.19. The van der Waals surface area contributed by atoms with E-state index in [-0.39, 0.29) is 5.91 Å². The summed E-state index contributed by atoms with van der Waals surface area (Å²) in [4.78, 5) is 16.0. The lowest BCUT2D eigenvalue weighted by atomic mass is 10.1. The Balaban J connectivity index is 1.92. The van der Waals surface area contributed by atoms with Crippen molar-refractivity contribution in [3.05, 3.63) is 47.8 Å². The smallest absolute Gasteiger partial charge is 0.221 e. The third kappa shape index (κ3) is 3.49. The number of rotatable bonds is 6. The summed E-state index contributed by atoms with van der Waals surface area (Å²) in [6.45, 7) is 6.36. The number of benzene rings is 1. The number of nitrogens with zero attached hydrogens (tertiary/aromatic N) is 2. The second-order valence-corrected chi connectivity index (χ2v) is 6.10. The van der Waals surface area contributed by atoms with Gasteiger partial charge in [-0.1, -0.05) is 18.2 Å². The lowest BCUT2D eigenvalue weighted by Gasteiger charge is -2.11.